The Morgan fingerprint density at radius 1 is 1.28 bits per heavy atom. The highest BCUT2D eigenvalue weighted by molar-refractivity contribution is 6.37. The SMILES string of the molecule is CCC1(CNc2nc(NC)c(Cl)cc2Cl)CCC1. The van der Waals surface area contributed by atoms with Gasteiger partial charge in [0, 0.05) is 13.6 Å². The molecule has 1 aliphatic rings. The largest absolute Gasteiger partial charge is 0.372 e. The van der Waals surface area contributed by atoms with Crippen LogP contribution in [0.4, 0.5) is 11.6 Å². The van der Waals surface area contributed by atoms with E-state index in [9.17, 15) is 0 Å². The fourth-order valence-electron chi connectivity index (χ4n) is 2.37. The van der Waals surface area contributed by atoms with Gasteiger partial charge >= 0.3 is 0 Å². The molecule has 3 nitrogen and oxygen atoms in total. The Bertz CT molecular complexity index is 425. The second kappa shape index (κ2) is 5.54. The van der Waals surface area contributed by atoms with Crippen molar-refractivity contribution in [2.75, 3.05) is 24.2 Å². The van der Waals surface area contributed by atoms with Crippen LogP contribution < -0.4 is 10.6 Å². The monoisotopic (exact) mass is 287 g/mol. The van der Waals surface area contributed by atoms with Gasteiger partial charge in [-0.1, -0.05) is 36.5 Å². The molecule has 1 saturated carbocycles. The molecule has 5 heteroatoms. The summed E-state index contributed by atoms with van der Waals surface area (Å²) in [6.45, 7) is 3.18. The van der Waals surface area contributed by atoms with Crippen molar-refractivity contribution in [3.8, 4) is 0 Å². The van der Waals surface area contributed by atoms with E-state index in [4.69, 9.17) is 23.2 Å². The molecule has 18 heavy (non-hydrogen) atoms. The minimum absolute atomic E-state index is 0.435. The van der Waals surface area contributed by atoms with Crippen molar-refractivity contribution < 1.29 is 0 Å². The van der Waals surface area contributed by atoms with Crippen molar-refractivity contribution in [2.24, 2.45) is 5.41 Å². The topological polar surface area (TPSA) is 37.0 Å². The maximum absolute atomic E-state index is 6.15. The van der Waals surface area contributed by atoms with Crippen molar-refractivity contribution >= 4 is 34.8 Å². The number of nitrogens with zero attached hydrogens (tertiary/aromatic N) is 1. The lowest BCUT2D eigenvalue weighted by molar-refractivity contribution is 0.145. The molecule has 2 N–H and O–H groups in total. The second-order valence-corrected chi connectivity index (χ2v) is 5.77. The van der Waals surface area contributed by atoms with Gasteiger partial charge < -0.3 is 10.6 Å². The van der Waals surface area contributed by atoms with Crippen molar-refractivity contribution in [3.63, 3.8) is 0 Å². The van der Waals surface area contributed by atoms with Crippen LogP contribution in [0.1, 0.15) is 32.6 Å². The molecular weight excluding hydrogens is 269 g/mol. The lowest BCUT2D eigenvalue weighted by Crippen LogP contribution is -2.36. The predicted molar refractivity (Wildman–Crippen MR) is 78.9 cm³/mol. The van der Waals surface area contributed by atoms with Gasteiger partial charge in [0.2, 0.25) is 0 Å². The quantitative estimate of drug-likeness (QED) is 0.842. The zero-order valence-electron chi connectivity index (χ0n) is 10.8. The van der Waals surface area contributed by atoms with Gasteiger partial charge in [-0.2, -0.15) is 0 Å². The Balaban J connectivity index is 2.09. The second-order valence-electron chi connectivity index (χ2n) is 4.96. The highest BCUT2D eigenvalue weighted by Gasteiger charge is 2.34. The van der Waals surface area contributed by atoms with Gasteiger partial charge in [0.15, 0.2) is 0 Å². The summed E-state index contributed by atoms with van der Waals surface area (Å²) in [6.07, 6.45) is 5.12. The summed E-state index contributed by atoms with van der Waals surface area (Å²) in [5, 5.41) is 7.44. The summed E-state index contributed by atoms with van der Waals surface area (Å²) >= 11 is 12.2. The Kier molecular flexibility index (Phi) is 4.23. The van der Waals surface area contributed by atoms with E-state index in [1.54, 1.807) is 13.1 Å². The lowest BCUT2D eigenvalue weighted by Gasteiger charge is -2.41. The van der Waals surface area contributed by atoms with E-state index in [-0.39, 0.29) is 0 Å². The number of nitrogens with one attached hydrogen (secondary N) is 2. The maximum atomic E-state index is 6.15. The first-order valence-corrected chi connectivity index (χ1v) is 7.13. The highest BCUT2D eigenvalue weighted by atomic mass is 35.5. The van der Waals surface area contributed by atoms with Crippen molar-refractivity contribution in [1.82, 2.24) is 4.98 Å². The molecule has 1 heterocycles. The smallest absolute Gasteiger partial charge is 0.147 e. The van der Waals surface area contributed by atoms with Crippen molar-refractivity contribution in [1.29, 1.82) is 0 Å². The predicted octanol–water partition coefficient (Wildman–Crippen LogP) is 4.42. The number of halogens is 2. The van der Waals surface area contributed by atoms with Crippen LogP contribution in [0, 0.1) is 5.41 Å². The molecule has 1 fully saturated rings. The average Bonchev–Trinajstić information content (AvgIpc) is 2.30. The molecule has 0 amide bonds. The molecule has 1 aromatic rings. The zero-order chi connectivity index (χ0) is 13.2. The molecule has 2 rings (SSSR count). The van der Waals surface area contributed by atoms with E-state index in [0.29, 0.717) is 27.1 Å². The summed E-state index contributed by atoms with van der Waals surface area (Å²) in [4.78, 5) is 4.40. The Morgan fingerprint density at radius 3 is 2.44 bits per heavy atom. The summed E-state index contributed by atoms with van der Waals surface area (Å²) in [6, 6.07) is 1.73. The number of aromatic nitrogens is 1. The Hall–Kier alpha value is -0.670. The van der Waals surface area contributed by atoms with Gasteiger partial charge in [-0.25, -0.2) is 4.98 Å². The van der Waals surface area contributed by atoms with E-state index in [0.717, 1.165) is 6.54 Å². The standard InChI is InChI=1S/C13H19Cl2N3/c1-3-13(5-4-6-13)8-17-12-10(15)7-9(14)11(16-2)18-12/h7H,3-6,8H2,1-2H3,(H2,16,17,18). The van der Waals surface area contributed by atoms with Crippen LogP contribution in [0.3, 0.4) is 0 Å². The third kappa shape index (κ3) is 2.67. The molecular formula is C13H19Cl2N3. The maximum Gasteiger partial charge on any atom is 0.147 e. The fraction of sp³-hybridized carbons (Fsp3) is 0.615. The van der Waals surface area contributed by atoms with Crippen LogP contribution in [0.5, 0.6) is 0 Å². The molecule has 0 aliphatic heterocycles. The lowest BCUT2D eigenvalue weighted by atomic mass is 9.67. The number of pyridine rings is 1. The number of anilines is 2. The minimum atomic E-state index is 0.435. The summed E-state index contributed by atoms with van der Waals surface area (Å²) in [7, 11) is 1.80. The van der Waals surface area contributed by atoms with Gasteiger partial charge in [0.25, 0.3) is 0 Å². The Labute approximate surface area is 118 Å². The van der Waals surface area contributed by atoms with Gasteiger partial charge in [-0.15, -0.1) is 0 Å². The summed E-state index contributed by atoms with van der Waals surface area (Å²) in [5.74, 6) is 1.37. The molecule has 0 aromatic carbocycles. The normalized spacial score (nSPS) is 17.1. The summed E-state index contributed by atoms with van der Waals surface area (Å²) < 4.78 is 0. The average molecular weight is 288 g/mol. The molecule has 0 radical (unpaired) electrons. The van der Waals surface area contributed by atoms with Crippen LogP contribution in [0.15, 0.2) is 6.07 Å². The highest BCUT2D eigenvalue weighted by Crippen LogP contribution is 2.44. The molecule has 0 atom stereocenters. The fourth-order valence-corrected chi connectivity index (χ4v) is 2.89. The molecule has 0 spiro atoms. The Morgan fingerprint density at radius 2 is 1.94 bits per heavy atom. The molecule has 0 saturated heterocycles. The molecule has 0 bridgehead atoms. The number of hydrogen-bond donors (Lipinski definition) is 2. The van der Waals surface area contributed by atoms with Gasteiger partial charge in [-0.05, 0) is 30.7 Å². The molecule has 100 valence electrons. The molecule has 1 aromatic heterocycles. The van der Waals surface area contributed by atoms with E-state index >= 15 is 0 Å². The first kappa shape index (κ1) is 13.8. The number of rotatable bonds is 5. The van der Waals surface area contributed by atoms with Gasteiger partial charge in [-0.3, -0.25) is 0 Å². The van der Waals surface area contributed by atoms with Crippen molar-refractivity contribution in [3.05, 3.63) is 16.1 Å². The third-order valence-electron chi connectivity index (χ3n) is 3.96. The van der Waals surface area contributed by atoms with Crippen LogP contribution in [0.2, 0.25) is 10.0 Å². The third-order valence-corrected chi connectivity index (χ3v) is 4.54. The number of hydrogen-bond acceptors (Lipinski definition) is 3. The van der Waals surface area contributed by atoms with Gasteiger partial charge in [0.1, 0.15) is 11.6 Å². The van der Waals surface area contributed by atoms with E-state index in [2.05, 4.69) is 22.5 Å². The van der Waals surface area contributed by atoms with E-state index in [1.165, 1.54) is 25.7 Å². The van der Waals surface area contributed by atoms with Gasteiger partial charge in [0.05, 0.1) is 10.0 Å². The van der Waals surface area contributed by atoms with E-state index < -0.39 is 0 Å². The summed E-state index contributed by atoms with van der Waals surface area (Å²) in [5.41, 5.74) is 0.435. The van der Waals surface area contributed by atoms with Crippen LogP contribution in [0.25, 0.3) is 0 Å². The van der Waals surface area contributed by atoms with E-state index in [1.807, 2.05) is 0 Å². The zero-order valence-corrected chi connectivity index (χ0v) is 12.3. The first-order valence-electron chi connectivity index (χ1n) is 6.38. The first-order chi connectivity index (χ1) is 8.60. The van der Waals surface area contributed by atoms with Crippen molar-refractivity contribution in [2.45, 2.75) is 32.6 Å². The van der Waals surface area contributed by atoms with Crippen LogP contribution in [-0.2, 0) is 0 Å². The molecule has 1 aliphatic carbocycles. The molecule has 0 unspecified atom stereocenters. The van der Waals surface area contributed by atoms with Crippen LogP contribution in [-0.4, -0.2) is 18.6 Å². The minimum Gasteiger partial charge on any atom is -0.372 e. The van der Waals surface area contributed by atoms with Crippen LogP contribution >= 0.6 is 23.2 Å².